The molecule has 0 saturated heterocycles. The highest BCUT2D eigenvalue weighted by atomic mass is 79.9. The SMILES string of the molecule is CCN(CC)C(=O)C(C)NCc1ccc(Br)cc1F. The van der Waals surface area contributed by atoms with E-state index in [0.29, 0.717) is 29.7 Å². The van der Waals surface area contributed by atoms with Crippen LogP contribution < -0.4 is 5.32 Å². The minimum atomic E-state index is -0.317. The Balaban J connectivity index is 2.58. The first-order chi connectivity index (χ1) is 8.99. The number of hydrogen-bond acceptors (Lipinski definition) is 2. The smallest absolute Gasteiger partial charge is 0.239 e. The minimum absolute atomic E-state index is 0.0440. The van der Waals surface area contributed by atoms with Gasteiger partial charge >= 0.3 is 0 Å². The molecule has 0 aliphatic carbocycles. The van der Waals surface area contributed by atoms with E-state index in [2.05, 4.69) is 21.2 Å². The number of carbonyl (C=O) groups is 1. The molecule has 1 aromatic rings. The molecule has 0 bridgehead atoms. The molecule has 0 heterocycles. The summed E-state index contributed by atoms with van der Waals surface area (Å²) in [6, 6.07) is 4.61. The van der Waals surface area contributed by atoms with Crippen molar-refractivity contribution in [3.8, 4) is 0 Å². The number of hydrogen-bond donors (Lipinski definition) is 1. The summed E-state index contributed by atoms with van der Waals surface area (Å²) in [4.78, 5) is 13.8. The molecule has 1 unspecified atom stereocenters. The van der Waals surface area contributed by atoms with Gasteiger partial charge in [-0.3, -0.25) is 4.79 Å². The Morgan fingerprint density at radius 1 is 1.42 bits per heavy atom. The molecule has 0 fully saturated rings. The van der Waals surface area contributed by atoms with Gasteiger partial charge in [0.1, 0.15) is 5.82 Å². The molecule has 1 N–H and O–H groups in total. The lowest BCUT2D eigenvalue weighted by Gasteiger charge is -2.23. The van der Waals surface area contributed by atoms with Crippen LogP contribution in [0.15, 0.2) is 22.7 Å². The molecule has 1 atom stereocenters. The van der Waals surface area contributed by atoms with Gasteiger partial charge in [0.05, 0.1) is 6.04 Å². The lowest BCUT2D eigenvalue weighted by atomic mass is 10.2. The highest BCUT2D eigenvalue weighted by Gasteiger charge is 2.17. The van der Waals surface area contributed by atoms with Gasteiger partial charge in [0.2, 0.25) is 5.91 Å². The summed E-state index contributed by atoms with van der Waals surface area (Å²) >= 11 is 3.22. The highest BCUT2D eigenvalue weighted by Crippen LogP contribution is 2.15. The van der Waals surface area contributed by atoms with Crippen LogP contribution in [0, 0.1) is 5.82 Å². The van der Waals surface area contributed by atoms with E-state index in [-0.39, 0.29) is 17.8 Å². The number of nitrogens with one attached hydrogen (secondary N) is 1. The summed E-state index contributed by atoms with van der Waals surface area (Å²) in [5.74, 6) is -0.230. The number of carbonyl (C=O) groups excluding carboxylic acids is 1. The maximum Gasteiger partial charge on any atom is 0.239 e. The van der Waals surface area contributed by atoms with Gasteiger partial charge in [-0.05, 0) is 32.9 Å². The molecule has 106 valence electrons. The molecule has 0 aliphatic heterocycles. The van der Waals surface area contributed by atoms with Crippen molar-refractivity contribution in [1.82, 2.24) is 10.2 Å². The molecule has 0 spiro atoms. The van der Waals surface area contributed by atoms with E-state index in [0.717, 1.165) is 0 Å². The van der Waals surface area contributed by atoms with E-state index in [1.165, 1.54) is 6.07 Å². The monoisotopic (exact) mass is 330 g/mol. The van der Waals surface area contributed by atoms with Crippen LogP contribution in [-0.4, -0.2) is 29.9 Å². The highest BCUT2D eigenvalue weighted by molar-refractivity contribution is 9.10. The maximum atomic E-state index is 13.6. The summed E-state index contributed by atoms with van der Waals surface area (Å²) in [5.41, 5.74) is 0.558. The van der Waals surface area contributed by atoms with Gasteiger partial charge in [-0.15, -0.1) is 0 Å². The zero-order valence-corrected chi connectivity index (χ0v) is 13.1. The molecule has 0 saturated carbocycles. The van der Waals surface area contributed by atoms with Gasteiger partial charge in [-0.25, -0.2) is 4.39 Å². The van der Waals surface area contributed by atoms with Crippen molar-refractivity contribution in [1.29, 1.82) is 0 Å². The number of nitrogens with zero attached hydrogens (tertiary/aromatic N) is 1. The third-order valence-corrected chi connectivity index (χ3v) is 3.55. The van der Waals surface area contributed by atoms with Crippen molar-refractivity contribution < 1.29 is 9.18 Å². The lowest BCUT2D eigenvalue weighted by molar-refractivity contribution is -0.132. The Bertz CT molecular complexity index is 435. The molecular weight excluding hydrogens is 311 g/mol. The summed E-state index contributed by atoms with van der Waals surface area (Å²) in [7, 11) is 0. The third kappa shape index (κ3) is 4.58. The molecule has 0 aromatic heterocycles. The zero-order valence-electron chi connectivity index (χ0n) is 11.5. The predicted octanol–water partition coefficient (Wildman–Crippen LogP) is 2.93. The summed E-state index contributed by atoms with van der Waals surface area (Å²) < 4.78 is 14.3. The summed E-state index contributed by atoms with van der Waals surface area (Å²) in [5, 5.41) is 3.06. The third-order valence-electron chi connectivity index (χ3n) is 3.06. The van der Waals surface area contributed by atoms with Gasteiger partial charge < -0.3 is 10.2 Å². The largest absolute Gasteiger partial charge is 0.342 e. The second-order valence-corrected chi connectivity index (χ2v) is 5.26. The van der Waals surface area contributed by atoms with Crippen LogP contribution in [-0.2, 0) is 11.3 Å². The number of benzene rings is 1. The van der Waals surface area contributed by atoms with Crippen molar-refractivity contribution in [2.24, 2.45) is 0 Å². The molecule has 19 heavy (non-hydrogen) atoms. The Morgan fingerprint density at radius 2 is 2.05 bits per heavy atom. The summed E-state index contributed by atoms with van der Waals surface area (Å²) in [6.07, 6.45) is 0. The van der Waals surface area contributed by atoms with Gasteiger partial charge in [-0.1, -0.05) is 22.0 Å². The quantitative estimate of drug-likeness (QED) is 0.869. The van der Waals surface area contributed by atoms with E-state index in [4.69, 9.17) is 0 Å². The maximum absolute atomic E-state index is 13.6. The number of rotatable bonds is 6. The van der Waals surface area contributed by atoms with Crippen LogP contribution in [0.1, 0.15) is 26.3 Å². The molecule has 1 amide bonds. The van der Waals surface area contributed by atoms with Crippen molar-refractivity contribution >= 4 is 21.8 Å². The van der Waals surface area contributed by atoms with Crippen molar-refractivity contribution in [2.45, 2.75) is 33.4 Å². The Labute approximate surface area is 122 Å². The molecule has 5 heteroatoms. The second-order valence-electron chi connectivity index (χ2n) is 4.35. The molecule has 1 rings (SSSR count). The number of amides is 1. The molecule has 0 radical (unpaired) electrons. The topological polar surface area (TPSA) is 32.3 Å². The fourth-order valence-electron chi connectivity index (χ4n) is 1.82. The number of halogens is 2. The molecular formula is C14H20BrFN2O. The van der Waals surface area contributed by atoms with Crippen LogP contribution in [0.3, 0.4) is 0 Å². The molecule has 3 nitrogen and oxygen atoms in total. The second kappa shape index (κ2) is 7.60. The van der Waals surface area contributed by atoms with E-state index >= 15 is 0 Å². The fraction of sp³-hybridized carbons (Fsp3) is 0.500. The van der Waals surface area contributed by atoms with Gasteiger partial charge in [0.25, 0.3) is 0 Å². The first kappa shape index (κ1) is 16.1. The number of likely N-dealkylation sites (N-methyl/N-ethyl adjacent to an activating group) is 1. The van der Waals surface area contributed by atoms with Crippen molar-refractivity contribution in [3.63, 3.8) is 0 Å². The first-order valence-corrected chi connectivity index (χ1v) is 7.25. The van der Waals surface area contributed by atoms with E-state index in [1.54, 1.807) is 24.0 Å². The first-order valence-electron chi connectivity index (χ1n) is 6.45. The zero-order chi connectivity index (χ0) is 14.4. The summed E-state index contributed by atoms with van der Waals surface area (Å²) in [6.45, 7) is 7.41. The Hall–Kier alpha value is -0.940. The van der Waals surface area contributed by atoms with Gasteiger partial charge in [-0.2, -0.15) is 0 Å². The van der Waals surface area contributed by atoms with Gasteiger partial charge in [0, 0.05) is 29.7 Å². The van der Waals surface area contributed by atoms with Crippen molar-refractivity contribution in [2.75, 3.05) is 13.1 Å². The molecule has 1 aromatic carbocycles. The minimum Gasteiger partial charge on any atom is -0.342 e. The van der Waals surface area contributed by atoms with Crippen LogP contribution >= 0.6 is 15.9 Å². The Kier molecular flexibility index (Phi) is 6.45. The molecule has 0 aliphatic rings. The lowest BCUT2D eigenvalue weighted by Crippen LogP contribution is -2.44. The fourth-order valence-corrected chi connectivity index (χ4v) is 2.16. The predicted molar refractivity (Wildman–Crippen MR) is 78.3 cm³/mol. The average molecular weight is 331 g/mol. The van der Waals surface area contributed by atoms with E-state index in [9.17, 15) is 9.18 Å². The van der Waals surface area contributed by atoms with Crippen LogP contribution in [0.2, 0.25) is 0 Å². The van der Waals surface area contributed by atoms with E-state index in [1.807, 2.05) is 13.8 Å². The van der Waals surface area contributed by atoms with E-state index < -0.39 is 0 Å². The van der Waals surface area contributed by atoms with Crippen molar-refractivity contribution in [3.05, 3.63) is 34.1 Å². The average Bonchev–Trinajstić information content (AvgIpc) is 2.38. The van der Waals surface area contributed by atoms with Crippen LogP contribution in [0.4, 0.5) is 4.39 Å². The van der Waals surface area contributed by atoms with Crippen LogP contribution in [0.25, 0.3) is 0 Å². The normalized spacial score (nSPS) is 12.3. The Morgan fingerprint density at radius 3 is 2.58 bits per heavy atom. The van der Waals surface area contributed by atoms with Gasteiger partial charge in [0.15, 0.2) is 0 Å². The van der Waals surface area contributed by atoms with Crippen LogP contribution in [0.5, 0.6) is 0 Å². The standard InChI is InChI=1S/C14H20BrFN2O/c1-4-18(5-2)14(19)10(3)17-9-11-6-7-12(15)8-13(11)16/h6-8,10,17H,4-5,9H2,1-3H3.